The van der Waals surface area contributed by atoms with Crippen LogP contribution in [0.3, 0.4) is 0 Å². The molecular formula is C24H22Cl2N2O5. The number of nitrogens with zero attached hydrogens (tertiary/aromatic N) is 2. The number of halogens is 2. The van der Waals surface area contributed by atoms with E-state index in [1.54, 1.807) is 0 Å². The molecule has 1 unspecified atom stereocenters. The molecule has 0 bridgehead atoms. The quantitative estimate of drug-likeness (QED) is 0.312. The second kappa shape index (κ2) is 9.09. The molecule has 1 atom stereocenters. The highest BCUT2D eigenvalue weighted by atomic mass is 35.5. The number of para-hydroxylation sites is 1. The van der Waals surface area contributed by atoms with Crippen molar-refractivity contribution in [3.8, 4) is 5.75 Å². The summed E-state index contributed by atoms with van der Waals surface area (Å²) in [7, 11) is 4.83. The normalized spacial score (nSPS) is 17.8. The number of aryl methyl sites for hydroxylation is 1. The van der Waals surface area contributed by atoms with Crippen LogP contribution in [-0.4, -0.2) is 53.6 Å². The van der Waals surface area contributed by atoms with Crippen LogP contribution in [-0.2, 0) is 21.4 Å². The van der Waals surface area contributed by atoms with Crippen molar-refractivity contribution in [1.82, 2.24) is 9.47 Å². The van der Waals surface area contributed by atoms with Crippen molar-refractivity contribution in [2.24, 2.45) is 7.05 Å². The highest BCUT2D eigenvalue weighted by Crippen LogP contribution is 2.43. The lowest BCUT2D eigenvalue weighted by Crippen LogP contribution is -2.32. The topological polar surface area (TPSA) is 81.0 Å². The number of Topliss-reactive ketones (excluding diaryl/α,β-unsaturated/α-hetero) is 1. The average molecular weight is 489 g/mol. The molecule has 1 N–H and O–H groups in total. The molecule has 0 spiro atoms. The van der Waals surface area contributed by atoms with Gasteiger partial charge < -0.3 is 24.0 Å². The van der Waals surface area contributed by atoms with E-state index in [1.807, 2.05) is 42.1 Å². The van der Waals surface area contributed by atoms with Gasteiger partial charge in [-0.25, -0.2) is 0 Å². The number of likely N-dealkylation sites (tertiary alicyclic amines) is 1. The average Bonchev–Trinajstić information content (AvgIpc) is 3.25. The Balaban J connectivity index is 1.97. The first-order valence-corrected chi connectivity index (χ1v) is 10.9. The van der Waals surface area contributed by atoms with Crippen molar-refractivity contribution < 1.29 is 24.2 Å². The van der Waals surface area contributed by atoms with E-state index < -0.39 is 17.7 Å². The van der Waals surface area contributed by atoms with Crippen LogP contribution in [0.4, 0.5) is 0 Å². The molecule has 2 heterocycles. The molecule has 172 valence electrons. The SMILES string of the molecule is COCCN1C(=O)C(=O)/C(=C(/O)c2cc(Cl)c(OC)c(Cl)c2)C1c1cn(C)c2ccccc12. The van der Waals surface area contributed by atoms with Gasteiger partial charge in [0.15, 0.2) is 5.75 Å². The number of aromatic nitrogens is 1. The van der Waals surface area contributed by atoms with Crippen LogP contribution in [0.2, 0.25) is 10.0 Å². The summed E-state index contributed by atoms with van der Waals surface area (Å²) in [4.78, 5) is 27.6. The molecule has 0 saturated carbocycles. The van der Waals surface area contributed by atoms with Gasteiger partial charge in [0, 0.05) is 48.9 Å². The maximum Gasteiger partial charge on any atom is 0.295 e. The minimum Gasteiger partial charge on any atom is -0.507 e. The molecule has 9 heteroatoms. The third-order valence-corrected chi connectivity index (χ3v) is 6.34. The molecule has 1 fully saturated rings. The van der Waals surface area contributed by atoms with E-state index in [4.69, 9.17) is 32.7 Å². The van der Waals surface area contributed by atoms with Gasteiger partial charge in [0.05, 0.1) is 35.4 Å². The molecule has 7 nitrogen and oxygen atoms in total. The predicted octanol–water partition coefficient (Wildman–Crippen LogP) is 4.56. The Hall–Kier alpha value is -3.00. The smallest absolute Gasteiger partial charge is 0.295 e. The summed E-state index contributed by atoms with van der Waals surface area (Å²) in [6, 6.07) is 9.75. The Bertz CT molecular complexity index is 1270. The minimum atomic E-state index is -0.814. The molecule has 1 aliphatic rings. The first-order chi connectivity index (χ1) is 15.8. The van der Waals surface area contributed by atoms with E-state index in [9.17, 15) is 14.7 Å². The Morgan fingerprint density at radius 1 is 1.12 bits per heavy atom. The van der Waals surface area contributed by atoms with Crippen molar-refractivity contribution in [1.29, 1.82) is 0 Å². The summed E-state index contributed by atoms with van der Waals surface area (Å²) in [5.74, 6) is -1.61. The monoisotopic (exact) mass is 488 g/mol. The van der Waals surface area contributed by atoms with E-state index in [0.29, 0.717) is 0 Å². The van der Waals surface area contributed by atoms with Crippen molar-refractivity contribution in [3.05, 3.63) is 69.3 Å². The second-order valence-corrected chi connectivity index (χ2v) is 8.49. The van der Waals surface area contributed by atoms with Gasteiger partial charge >= 0.3 is 0 Å². The highest BCUT2D eigenvalue weighted by molar-refractivity contribution is 6.47. The van der Waals surface area contributed by atoms with Gasteiger partial charge in [0.25, 0.3) is 11.7 Å². The van der Waals surface area contributed by atoms with Gasteiger partial charge in [-0.3, -0.25) is 9.59 Å². The summed E-state index contributed by atoms with van der Waals surface area (Å²) < 4.78 is 12.3. The number of hydrogen-bond acceptors (Lipinski definition) is 5. The number of methoxy groups -OCH3 is 2. The summed E-state index contributed by atoms with van der Waals surface area (Å²) in [6.45, 7) is 0.407. The Morgan fingerprint density at radius 2 is 1.79 bits per heavy atom. The maximum absolute atomic E-state index is 13.2. The summed E-state index contributed by atoms with van der Waals surface area (Å²) in [5.41, 5.74) is 1.82. The lowest BCUT2D eigenvalue weighted by atomic mass is 9.95. The minimum absolute atomic E-state index is 0.0373. The molecule has 1 saturated heterocycles. The summed E-state index contributed by atoms with van der Waals surface area (Å²) in [5, 5.41) is 12.5. The van der Waals surface area contributed by atoms with Gasteiger partial charge in [-0.2, -0.15) is 0 Å². The van der Waals surface area contributed by atoms with Gasteiger partial charge in [-0.1, -0.05) is 41.4 Å². The summed E-state index contributed by atoms with van der Waals surface area (Å²) in [6.07, 6.45) is 1.86. The fourth-order valence-electron chi connectivity index (χ4n) is 4.26. The molecule has 1 aromatic heterocycles. The Morgan fingerprint density at radius 3 is 2.42 bits per heavy atom. The lowest BCUT2D eigenvalue weighted by Gasteiger charge is -2.24. The van der Waals surface area contributed by atoms with Crippen molar-refractivity contribution in [2.45, 2.75) is 6.04 Å². The molecule has 0 radical (unpaired) electrons. The molecule has 0 aliphatic carbocycles. The van der Waals surface area contributed by atoms with Crippen molar-refractivity contribution in [3.63, 3.8) is 0 Å². The number of hydrogen-bond donors (Lipinski definition) is 1. The largest absolute Gasteiger partial charge is 0.507 e. The number of rotatable bonds is 6. The van der Waals surface area contributed by atoms with Crippen LogP contribution in [0, 0.1) is 0 Å². The van der Waals surface area contributed by atoms with Crippen molar-refractivity contribution in [2.75, 3.05) is 27.4 Å². The number of aliphatic hydroxyl groups is 1. The van der Waals surface area contributed by atoms with E-state index >= 15 is 0 Å². The fourth-order valence-corrected chi connectivity index (χ4v) is 4.90. The molecular weight excluding hydrogens is 467 g/mol. The van der Waals surface area contributed by atoms with Crippen LogP contribution in [0.1, 0.15) is 17.2 Å². The first-order valence-electron chi connectivity index (χ1n) is 10.1. The molecule has 4 rings (SSSR count). The second-order valence-electron chi connectivity index (χ2n) is 7.67. The number of aliphatic hydroxyl groups excluding tert-OH is 1. The zero-order valence-corrected chi connectivity index (χ0v) is 19.8. The van der Waals surface area contributed by atoms with Crippen LogP contribution in [0.25, 0.3) is 16.7 Å². The number of ketones is 1. The van der Waals surface area contributed by atoms with Crippen LogP contribution in [0.5, 0.6) is 5.75 Å². The number of carbonyl (C=O) groups is 2. The molecule has 2 aromatic carbocycles. The molecule has 1 aliphatic heterocycles. The van der Waals surface area contributed by atoms with Gasteiger partial charge in [0.1, 0.15) is 5.76 Å². The Labute approximate surface area is 200 Å². The number of amides is 1. The highest BCUT2D eigenvalue weighted by Gasteiger charge is 2.46. The predicted molar refractivity (Wildman–Crippen MR) is 127 cm³/mol. The molecule has 33 heavy (non-hydrogen) atoms. The number of carbonyl (C=O) groups excluding carboxylic acids is 2. The molecule has 3 aromatic rings. The first kappa shape index (κ1) is 23.2. The van der Waals surface area contributed by atoms with Gasteiger partial charge in [-0.15, -0.1) is 0 Å². The van der Waals surface area contributed by atoms with Crippen molar-refractivity contribution >= 4 is 51.6 Å². The third-order valence-electron chi connectivity index (χ3n) is 5.77. The van der Waals surface area contributed by atoms with E-state index in [-0.39, 0.29) is 45.8 Å². The number of benzene rings is 2. The van der Waals surface area contributed by atoms with Crippen LogP contribution >= 0.6 is 23.2 Å². The fraction of sp³-hybridized carbons (Fsp3) is 0.250. The van der Waals surface area contributed by atoms with Crippen LogP contribution in [0.15, 0.2) is 48.2 Å². The zero-order chi connectivity index (χ0) is 23.9. The third kappa shape index (κ3) is 3.86. The van der Waals surface area contributed by atoms with Crippen LogP contribution < -0.4 is 4.74 Å². The Kier molecular flexibility index (Phi) is 6.38. The zero-order valence-electron chi connectivity index (χ0n) is 18.3. The van der Waals surface area contributed by atoms with E-state index in [0.717, 1.165) is 16.5 Å². The van der Waals surface area contributed by atoms with Gasteiger partial charge in [0.2, 0.25) is 0 Å². The standard InChI is InChI=1S/C24H22Cl2N2O5/c1-27-12-15(14-6-4-5-7-18(14)27)20-19(22(30)24(31)28(20)8-9-32-2)21(29)13-10-16(25)23(33-3)17(26)11-13/h4-7,10-12,20,29H,8-9H2,1-3H3/b21-19+. The van der Waals surface area contributed by atoms with E-state index in [1.165, 1.54) is 31.3 Å². The van der Waals surface area contributed by atoms with Gasteiger partial charge in [-0.05, 0) is 18.2 Å². The number of ether oxygens (including phenoxy) is 2. The molecule has 1 amide bonds. The number of fused-ring (bicyclic) bond motifs is 1. The summed E-state index contributed by atoms with van der Waals surface area (Å²) >= 11 is 12.5. The van der Waals surface area contributed by atoms with E-state index in [2.05, 4.69) is 0 Å². The lowest BCUT2D eigenvalue weighted by molar-refractivity contribution is -0.140. The maximum atomic E-state index is 13.2.